The van der Waals surface area contributed by atoms with Crippen molar-refractivity contribution in [2.24, 2.45) is 5.92 Å². The van der Waals surface area contributed by atoms with Crippen molar-refractivity contribution in [3.63, 3.8) is 0 Å². The normalized spacial score (nSPS) is 13.6. The fourth-order valence-corrected chi connectivity index (χ4v) is 6.27. The molecule has 3 atom stereocenters. The van der Waals surface area contributed by atoms with Gasteiger partial charge < -0.3 is 20.1 Å². The number of ether oxygens (including phenoxy) is 1. The number of carbonyl (C=O) groups excluding carboxylic acids is 2. The van der Waals surface area contributed by atoms with Crippen LogP contribution in [0.4, 0.5) is 10.5 Å². The minimum atomic E-state index is -4.13. The number of nitrogens with zero attached hydrogens (tertiary/aromatic N) is 1. The van der Waals surface area contributed by atoms with Crippen molar-refractivity contribution in [1.29, 1.82) is 0 Å². The number of benzene rings is 4. The zero-order valence-electron chi connectivity index (χ0n) is 24.3. The summed E-state index contributed by atoms with van der Waals surface area (Å²) in [6.07, 6.45) is -1.87. The Morgan fingerprint density at radius 2 is 1.32 bits per heavy atom. The van der Waals surface area contributed by atoms with Crippen LogP contribution >= 0.6 is 7.37 Å². The van der Waals surface area contributed by atoms with Crippen LogP contribution in [0.25, 0.3) is 11.1 Å². The van der Waals surface area contributed by atoms with Gasteiger partial charge in [0.2, 0.25) is 13.3 Å². The summed E-state index contributed by atoms with van der Waals surface area (Å²) in [5.41, 5.74) is 3.69. The van der Waals surface area contributed by atoms with Gasteiger partial charge in [0.1, 0.15) is 12.6 Å². The SMILES string of the molecule is C[C@@H](C(=O)O)N(C(=O)C(Cc1ccccc1)CP(=O)(O)CNC(=O)OCc1ccccc1)c1ccc(-c2ccccc2)cc1. The first kappa shape index (κ1) is 32.2. The summed E-state index contributed by atoms with van der Waals surface area (Å²) in [5.74, 6) is -2.90. The van der Waals surface area contributed by atoms with Gasteiger partial charge in [-0.15, -0.1) is 0 Å². The molecule has 3 N–H and O–H groups in total. The van der Waals surface area contributed by atoms with Gasteiger partial charge in [0.05, 0.1) is 12.2 Å². The number of aliphatic carboxylic acids is 1. The number of carbonyl (C=O) groups is 3. The van der Waals surface area contributed by atoms with Crippen LogP contribution in [0.15, 0.2) is 115 Å². The maximum atomic E-state index is 14.1. The summed E-state index contributed by atoms with van der Waals surface area (Å²) >= 11 is 0. The molecule has 4 aromatic carbocycles. The van der Waals surface area contributed by atoms with Gasteiger partial charge in [-0.2, -0.15) is 0 Å². The van der Waals surface area contributed by atoms with Crippen molar-refractivity contribution in [2.45, 2.75) is 26.0 Å². The summed E-state index contributed by atoms with van der Waals surface area (Å²) in [5, 5.41) is 12.2. The zero-order chi connectivity index (χ0) is 31.5. The molecule has 0 radical (unpaired) electrons. The minimum absolute atomic E-state index is 0.0113. The molecule has 0 heterocycles. The predicted molar refractivity (Wildman–Crippen MR) is 169 cm³/mol. The second kappa shape index (κ2) is 15.1. The lowest BCUT2D eigenvalue weighted by molar-refractivity contribution is -0.140. The average Bonchev–Trinajstić information content (AvgIpc) is 3.04. The van der Waals surface area contributed by atoms with Crippen molar-refractivity contribution in [3.05, 3.63) is 126 Å². The molecule has 228 valence electrons. The highest BCUT2D eigenvalue weighted by molar-refractivity contribution is 7.58. The van der Waals surface area contributed by atoms with E-state index in [-0.39, 0.29) is 13.0 Å². The third-order valence-electron chi connectivity index (χ3n) is 7.10. The van der Waals surface area contributed by atoms with E-state index in [1.807, 2.05) is 42.5 Å². The molecule has 0 saturated carbocycles. The van der Waals surface area contributed by atoms with E-state index in [0.29, 0.717) is 5.69 Å². The Hall–Kier alpha value is -4.72. The summed E-state index contributed by atoms with van der Waals surface area (Å²) < 4.78 is 18.5. The van der Waals surface area contributed by atoms with E-state index in [1.165, 1.54) is 6.92 Å². The second-order valence-electron chi connectivity index (χ2n) is 10.4. The number of hydrogen-bond donors (Lipinski definition) is 3. The first-order valence-corrected chi connectivity index (χ1v) is 16.2. The molecule has 2 amide bonds. The van der Waals surface area contributed by atoms with Crippen molar-refractivity contribution >= 4 is 31.0 Å². The number of carboxylic acids is 1. The van der Waals surface area contributed by atoms with Crippen LogP contribution in [0.5, 0.6) is 0 Å². The second-order valence-corrected chi connectivity index (χ2v) is 12.8. The van der Waals surface area contributed by atoms with Crippen molar-refractivity contribution in [2.75, 3.05) is 17.3 Å². The van der Waals surface area contributed by atoms with Crippen LogP contribution in [0.1, 0.15) is 18.1 Å². The van der Waals surface area contributed by atoms with Crippen molar-refractivity contribution in [3.8, 4) is 11.1 Å². The minimum Gasteiger partial charge on any atom is -0.480 e. The third-order valence-corrected chi connectivity index (χ3v) is 8.76. The molecule has 0 aliphatic heterocycles. The van der Waals surface area contributed by atoms with Crippen molar-refractivity contribution < 1.29 is 33.7 Å². The number of hydrogen-bond acceptors (Lipinski definition) is 5. The van der Waals surface area contributed by atoms with Gasteiger partial charge in [-0.3, -0.25) is 14.3 Å². The standard InChI is InChI=1S/C34H35N2O7P/c1-25(33(38)39)36(31-19-17-29(18-20-31)28-15-9-4-10-16-28)32(37)30(21-26-11-5-2-6-12-26)23-44(41,42)24-35-34(40)43-22-27-13-7-3-8-14-27/h2-20,25,30H,21-24H2,1H3,(H,35,40)(H,38,39)(H,41,42)/t25-,30?/m0/s1. The Morgan fingerprint density at radius 3 is 1.89 bits per heavy atom. The molecule has 0 aliphatic carbocycles. The largest absolute Gasteiger partial charge is 0.480 e. The maximum absolute atomic E-state index is 14.1. The van der Waals surface area contributed by atoms with E-state index >= 15 is 0 Å². The van der Waals surface area contributed by atoms with E-state index in [2.05, 4.69) is 5.32 Å². The lowest BCUT2D eigenvalue weighted by Gasteiger charge is -2.31. The van der Waals surface area contributed by atoms with E-state index in [1.54, 1.807) is 72.8 Å². The summed E-state index contributed by atoms with van der Waals surface area (Å²) in [6, 6.07) is 33.3. The molecule has 0 spiro atoms. The summed E-state index contributed by atoms with van der Waals surface area (Å²) in [6.45, 7) is 1.39. The van der Waals surface area contributed by atoms with Crippen LogP contribution in [-0.4, -0.2) is 46.5 Å². The molecule has 0 fully saturated rings. The van der Waals surface area contributed by atoms with Crippen LogP contribution in [0, 0.1) is 5.92 Å². The molecule has 0 aromatic heterocycles. The van der Waals surface area contributed by atoms with E-state index < -0.39 is 49.7 Å². The van der Waals surface area contributed by atoms with Gasteiger partial charge in [0, 0.05) is 11.8 Å². The Morgan fingerprint density at radius 1 is 0.795 bits per heavy atom. The number of nitrogens with one attached hydrogen (secondary N) is 1. The van der Waals surface area contributed by atoms with Crippen molar-refractivity contribution in [1.82, 2.24) is 5.32 Å². The van der Waals surface area contributed by atoms with E-state index in [0.717, 1.165) is 27.2 Å². The third kappa shape index (κ3) is 9.14. The lowest BCUT2D eigenvalue weighted by Crippen LogP contribution is -2.47. The predicted octanol–water partition coefficient (Wildman–Crippen LogP) is 6.17. The van der Waals surface area contributed by atoms with Gasteiger partial charge in [-0.05, 0) is 47.7 Å². The molecule has 4 aromatic rings. The van der Waals surface area contributed by atoms with Gasteiger partial charge >= 0.3 is 12.1 Å². The number of anilines is 1. The Balaban J connectivity index is 1.54. The highest BCUT2D eigenvalue weighted by atomic mass is 31.2. The molecule has 0 saturated heterocycles. The van der Waals surface area contributed by atoms with Gasteiger partial charge in [-0.25, -0.2) is 9.59 Å². The smallest absolute Gasteiger partial charge is 0.407 e. The Kier molecular flexibility index (Phi) is 11.1. The monoisotopic (exact) mass is 614 g/mol. The summed E-state index contributed by atoms with van der Waals surface area (Å²) in [7, 11) is -4.13. The van der Waals surface area contributed by atoms with Gasteiger partial charge in [0.25, 0.3) is 0 Å². The first-order valence-electron chi connectivity index (χ1n) is 14.1. The average molecular weight is 615 g/mol. The van der Waals surface area contributed by atoms with Crippen LogP contribution < -0.4 is 10.2 Å². The summed E-state index contributed by atoms with van der Waals surface area (Å²) in [4.78, 5) is 50.6. The Labute approximate surface area is 256 Å². The highest BCUT2D eigenvalue weighted by Gasteiger charge is 2.36. The molecule has 4 rings (SSSR count). The van der Waals surface area contributed by atoms with Crippen LogP contribution in [0.3, 0.4) is 0 Å². The lowest BCUT2D eigenvalue weighted by atomic mass is 9.98. The number of alkyl carbamates (subject to hydrolysis) is 1. The van der Waals surface area contributed by atoms with E-state index in [9.17, 15) is 28.9 Å². The molecule has 9 nitrogen and oxygen atoms in total. The van der Waals surface area contributed by atoms with Gasteiger partial charge in [-0.1, -0.05) is 103 Å². The molecule has 0 bridgehead atoms. The molecular weight excluding hydrogens is 579 g/mol. The number of carboxylic acid groups (broad SMARTS) is 1. The van der Waals surface area contributed by atoms with Gasteiger partial charge in [0.15, 0.2) is 0 Å². The first-order chi connectivity index (χ1) is 21.1. The Bertz CT molecular complexity index is 1580. The molecule has 0 aliphatic rings. The molecule has 2 unspecified atom stereocenters. The molecule has 44 heavy (non-hydrogen) atoms. The fraction of sp³-hybridized carbons (Fsp3) is 0.206. The number of amides is 2. The number of rotatable bonds is 13. The van der Waals surface area contributed by atoms with Crippen LogP contribution in [-0.2, 0) is 31.9 Å². The van der Waals surface area contributed by atoms with Crippen LogP contribution in [0.2, 0.25) is 0 Å². The molecular formula is C34H35N2O7P. The highest BCUT2D eigenvalue weighted by Crippen LogP contribution is 2.43. The zero-order valence-corrected chi connectivity index (χ0v) is 25.2. The maximum Gasteiger partial charge on any atom is 0.407 e. The molecule has 10 heteroatoms. The quantitative estimate of drug-likeness (QED) is 0.153. The fourth-order valence-electron chi connectivity index (χ4n) is 4.79. The topological polar surface area (TPSA) is 133 Å². The van der Waals surface area contributed by atoms with E-state index in [4.69, 9.17) is 4.74 Å².